The molecule has 0 spiro atoms. The van der Waals surface area contributed by atoms with Crippen molar-refractivity contribution in [2.75, 3.05) is 6.54 Å². The molecule has 4 heteroatoms. The van der Waals surface area contributed by atoms with Crippen molar-refractivity contribution in [3.8, 4) is 0 Å². The van der Waals surface area contributed by atoms with Crippen molar-refractivity contribution in [3.63, 3.8) is 0 Å². The molecule has 1 fully saturated rings. The van der Waals surface area contributed by atoms with E-state index in [0.717, 1.165) is 38.9 Å². The zero-order valence-electron chi connectivity index (χ0n) is 14.4. The highest BCUT2D eigenvalue weighted by atomic mass is 16.2. The smallest absolute Gasteiger partial charge is 0.237 e. The maximum atomic E-state index is 12.6. The van der Waals surface area contributed by atoms with E-state index < -0.39 is 0 Å². The largest absolute Gasteiger partial charge is 0.354 e. The van der Waals surface area contributed by atoms with E-state index in [1.807, 2.05) is 6.07 Å². The molecule has 1 amide bonds. The van der Waals surface area contributed by atoms with Gasteiger partial charge in [0, 0.05) is 32.0 Å². The van der Waals surface area contributed by atoms with Gasteiger partial charge in [-0.05, 0) is 43.0 Å². The van der Waals surface area contributed by atoms with Crippen LogP contribution >= 0.6 is 0 Å². The first-order chi connectivity index (χ1) is 11.8. The fourth-order valence-electron chi connectivity index (χ4n) is 3.43. The number of aromatic nitrogens is 1. The number of carbonyl (C=O) groups excluding carboxylic acids is 1. The highest BCUT2D eigenvalue weighted by Gasteiger charge is 2.30. The lowest BCUT2D eigenvalue weighted by atomic mass is 10.1. The van der Waals surface area contributed by atoms with Crippen LogP contribution in [0.4, 0.5) is 0 Å². The first-order valence-electron chi connectivity index (χ1n) is 8.96. The summed E-state index contributed by atoms with van der Waals surface area (Å²) >= 11 is 0. The maximum absolute atomic E-state index is 12.6. The van der Waals surface area contributed by atoms with Gasteiger partial charge in [-0.2, -0.15) is 0 Å². The van der Waals surface area contributed by atoms with Crippen LogP contribution in [0.5, 0.6) is 0 Å². The summed E-state index contributed by atoms with van der Waals surface area (Å²) in [5.41, 5.74) is 2.44. The Hall–Kier alpha value is -2.07. The summed E-state index contributed by atoms with van der Waals surface area (Å²) in [5.74, 6) is 0.159. The second kappa shape index (κ2) is 8.15. The monoisotopic (exact) mass is 325 g/mol. The van der Waals surface area contributed by atoms with E-state index in [1.165, 1.54) is 11.1 Å². The molecule has 1 N–H and O–H groups in total. The molecule has 1 aliphatic rings. The van der Waals surface area contributed by atoms with Crippen LogP contribution in [0.25, 0.3) is 0 Å². The van der Waals surface area contributed by atoms with Crippen LogP contribution in [0.2, 0.25) is 0 Å². The summed E-state index contributed by atoms with van der Waals surface area (Å²) in [4.78, 5) is 14.9. The van der Waals surface area contributed by atoms with E-state index in [9.17, 15) is 4.79 Å². The minimum absolute atomic E-state index is 0.00272. The van der Waals surface area contributed by atoms with E-state index in [1.54, 1.807) is 0 Å². The van der Waals surface area contributed by atoms with Crippen molar-refractivity contribution in [3.05, 3.63) is 59.9 Å². The van der Waals surface area contributed by atoms with Gasteiger partial charge in [-0.3, -0.25) is 9.69 Å². The highest BCUT2D eigenvalue weighted by Crippen LogP contribution is 2.20. The number of hydrogen-bond acceptors (Lipinski definition) is 2. The Kier molecular flexibility index (Phi) is 5.70. The topological polar surface area (TPSA) is 37.3 Å². The molecule has 1 saturated heterocycles. The molecule has 1 aromatic heterocycles. The molecule has 1 aromatic carbocycles. The minimum Gasteiger partial charge on any atom is -0.354 e. The molecule has 3 rings (SSSR count). The Morgan fingerprint density at radius 3 is 2.83 bits per heavy atom. The first kappa shape index (κ1) is 16.8. The summed E-state index contributed by atoms with van der Waals surface area (Å²) in [6, 6.07) is 12.5. The Morgan fingerprint density at radius 2 is 2.04 bits per heavy atom. The number of nitrogens with zero attached hydrogens (tertiary/aromatic N) is 2. The SMILES string of the molecule is CCCn1ccc(CNC(=O)[C@H]2CCCN2Cc2ccccc2)c1. The zero-order valence-corrected chi connectivity index (χ0v) is 14.4. The molecule has 0 bridgehead atoms. The molecule has 2 heterocycles. The lowest BCUT2D eigenvalue weighted by molar-refractivity contribution is -0.125. The summed E-state index contributed by atoms with van der Waals surface area (Å²) in [7, 11) is 0. The standard InChI is InChI=1S/C20H27N3O/c1-2-11-22-13-10-18(15-22)14-21-20(24)19-9-6-12-23(19)16-17-7-4-3-5-8-17/h3-5,7-8,10,13,15,19H,2,6,9,11-12,14,16H2,1H3,(H,21,24)/t19-/m1/s1. The molecule has 128 valence electrons. The number of nitrogens with one attached hydrogen (secondary N) is 1. The summed E-state index contributed by atoms with van der Waals surface area (Å²) in [6.07, 6.45) is 7.38. The van der Waals surface area contributed by atoms with Crippen LogP contribution in [0.1, 0.15) is 37.3 Å². The highest BCUT2D eigenvalue weighted by molar-refractivity contribution is 5.82. The van der Waals surface area contributed by atoms with Crippen LogP contribution < -0.4 is 5.32 Å². The summed E-state index contributed by atoms with van der Waals surface area (Å²) in [5, 5.41) is 3.12. The average molecular weight is 325 g/mol. The molecular weight excluding hydrogens is 298 g/mol. The Morgan fingerprint density at radius 1 is 1.21 bits per heavy atom. The van der Waals surface area contributed by atoms with Crippen LogP contribution in [-0.4, -0.2) is 28.0 Å². The Labute approximate surface area is 144 Å². The third kappa shape index (κ3) is 4.26. The van der Waals surface area contributed by atoms with E-state index in [-0.39, 0.29) is 11.9 Å². The molecule has 0 saturated carbocycles. The van der Waals surface area contributed by atoms with E-state index in [2.05, 4.69) is 64.4 Å². The third-order valence-electron chi connectivity index (χ3n) is 4.66. The molecule has 0 radical (unpaired) electrons. The molecule has 4 nitrogen and oxygen atoms in total. The number of aryl methyl sites for hydroxylation is 1. The first-order valence-corrected chi connectivity index (χ1v) is 8.96. The quantitative estimate of drug-likeness (QED) is 0.849. The van der Waals surface area contributed by atoms with Gasteiger partial charge < -0.3 is 9.88 Å². The second-order valence-electron chi connectivity index (χ2n) is 6.59. The molecule has 1 aliphatic heterocycles. The van der Waals surface area contributed by atoms with Crippen LogP contribution in [0.3, 0.4) is 0 Å². The fourth-order valence-corrected chi connectivity index (χ4v) is 3.43. The molecule has 24 heavy (non-hydrogen) atoms. The fraction of sp³-hybridized carbons (Fsp3) is 0.450. The van der Waals surface area contributed by atoms with Crippen molar-refractivity contribution < 1.29 is 4.79 Å². The number of rotatable bonds is 7. The average Bonchev–Trinajstić information content (AvgIpc) is 3.23. The van der Waals surface area contributed by atoms with Gasteiger partial charge in [0.25, 0.3) is 0 Å². The van der Waals surface area contributed by atoms with Crippen molar-refractivity contribution in [1.29, 1.82) is 0 Å². The summed E-state index contributed by atoms with van der Waals surface area (Å²) < 4.78 is 2.18. The molecule has 2 aromatic rings. The molecular formula is C20H27N3O. The van der Waals surface area contributed by atoms with Gasteiger partial charge in [0.15, 0.2) is 0 Å². The van der Waals surface area contributed by atoms with E-state index >= 15 is 0 Å². The maximum Gasteiger partial charge on any atom is 0.237 e. The molecule has 0 unspecified atom stereocenters. The van der Waals surface area contributed by atoms with Gasteiger partial charge in [0.1, 0.15) is 0 Å². The van der Waals surface area contributed by atoms with E-state index in [0.29, 0.717) is 6.54 Å². The lowest BCUT2D eigenvalue weighted by Gasteiger charge is -2.23. The molecule has 0 aliphatic carbocycles. The number of benzene rings is 1. The molecule has 1 atom stereocenters. The van der Waals surface area contributed by atoms with Crippen molar-refractivity contribution >= 4 is 5.91 Å². The van der Waals surface area contributed by atoms with Gasteiger partial charge in [0.05, 0.1) is 6.04 Å². The van der Waals surface area contributed by atoms with Crippen molar-refractivity contribution in [2.24, 2.45) is 0 Å². The third-order valence-corrected chi connectivity index (χ3v) is 4.66. The van der Waals surface area contributed by atoms with Crippen LogP contribution in [0, 0.1) is 0 Å². The van der Waals surface area contributed by atoms with E-state index in [4.69, 9.17) is 0 Å². The Balaban J connectivity index is 1.53. The number of likely N-dealkylation sites (tertiary alicyclic amines) is 1. The Bertz CT molecular complexity index is 650. The lowest BCUT2D eigenvalue weighted by Crippen LogP contribution is -2.42. The number of amides is 1. The second-order valence-corrected chi connectivity index (χ2v) is 6.59. The predicted octanol–water partition coefficient (Wildman–Crippen LogP) is 3.18. The van der Waals surface area contributed by atoms with Crippen molar-refractivity contribution in [1.82, 2.24) is 14.8 Å². The van der Waals surface area contributed by atoms with Crippen molar-refractivity contribution in [2.45, 2.75) is 51.9 Å². The predicted molar refractivity (Wildman–Crippen MR) is 96.4 cm³/mol. The minimum atomic E-state index is 0.00272. The normalized spacial score (nSPS) is 18.0. The number of carbonyl (C=O) groups is 1. The number of hydrogen-bond donors (Lipinski definition) is 1. The van der Waals surface area contributed by atoms with Crippen LogP contribution in [-0.2, 0) is 24.4 Å². The van der Waals surface area contributed by atoms with Gasteiger partial charge in [-0.15, -0.1) is 0 Å². The van der Waals surface area contributed by atoms with Gasteiger partial charge in [0.2, 0.25) is 5.91 Å². The van der Waals surface area contributed by atoms with Gasteiger partial charge >= 0.3 is 0 Å². The summed E-state index contributed by atoms with van der Waals surface area (Å²) in [6.45, 7) is 5.67. The van der Waals surface area contributed by atoms with Gasteiger partial charge in [-0.25, -0.2) is 0 Å². The van der Waals surface area contributed by atoms with Gasteiger partial charge in [-0.1, -0.05) is 37.3 Å². The van der Waals surface area contributed by atoms with Crippen LogP contribution in [0.15, 0.2) is 48.8 Å². The zero-order chi connectivity index (χ0) is 16.8.